The molecule has 0 fully saturated rings. The standard InChI is InChI=1S/C26H23N5O2S/c1-17-22(24(33)28-20-10-6-3-7-11-20)23(19-12-14-21(32)15-13-19)31-25(27-17)29-26(30-31)34-16-18-8-4-2-5-9-18/h2-15,23,32H,16H2,1H3,(H,28,33)(H,27,29,30)/t23-/m1/s1. The first kappa shape index (κ1) is 21.8. The molecule has 0 saturated carbocycles. The summed E-state index contributed by atoms with van der Waals surface area (Å²) in [4.78, 5) is 18.1. The van der Waals surface area contributed by atoms with Crippen molar-refractivity contribution in [1.82, 2.24) is 14.8 Å². The van der Waals surface area contributed by atoms with Crippen molar-refractivity contribution in [3.8, 4) is 5.75 Å². The van der Waals surface area contributed by atoms with Gasteiger partial charge in [0.05, 0.1) is 5.57 Å². The maximum atomic E-state index is 13.4. The molecule has 8 heteroatoms. The second-order valence-corrected chi connectivity index (χ2v) is 8.86. The SMILES string of the molecule is CC1=C(C(=O)Nc2ccccc2)[C@@H](c2ccc(O)cc2)n2nc(SCc3ccccc3)nc2N1. The van der Waals surface area contributed by atoms with Crippen LogP contribution in [0, 0.1) is 0 Å². The second-order valence-electron chi connectivity index (χ2n) is 7.91. The predicted molar refractivity (Wildman–Crippen MR) is 134 cm³/mol. The number of nitrogens with one attached hydrogen (secondary N) is 2. The summed E-state index contributed by atoms with van der Waals surface area (Å²) in [5.74, 6) is 1.24. The molecule has 2 heterocycles. The third-order valence-corrected chi connectivity index (χ3v) is 6.44. The molecule has 3 aromatic carbocycles. The number of carbonyl (C=O) groups excluding carboxylic acids is 1. The van der Waals surface area contributed by atoms with Crippen molar-refractivity contribution in [3.05, 3.63) is 107 Å². The third-order valence-electron chi connectivity index (χ3n) is 5.53. The van der Waals surface area contributed by atoms with E-state index in [0.717, 1.165) is 11.3 Å². The number of fused-ring (bicyclic) bond motifs is 1. The highest BCUT2D eigenvalue weighted by atomic mass is 32.2. The highest BCUT2D eigenvalue weighted by Gasteiger charge is 2.34. The maximum Gasteiger partial charge on any atom is 0.255 e. The zero-order valence-corrected chi connectivity index (χ0v) is 19.3. The summed E-state index contributed by atoms with van der Waals surface area (Å²) >= 11 is 1.54. The number of thioether (sulfide) groups is 1. The number of para-hydroxylation sites is 1. The van der Waals surface area contributed by atoms with Crippen LogP contribution in [0.5, 0.6) is 5.75 Å². The Kier molecular flexibility index (Phi) is 6.05. The first-order valence-electron chi connectivity index (χ1n) is 10.8. The lowest BCUT2D eigenvalue weighted by molar-refractivity contribution is -0.113. The van der Waals surface area contributed by atoms with Crippen LogP contribution in [0.3, 0.4) is 0 Å². The molecule has 0 radical (unpaired) electrons. The van der Waals surface area contributed by atoms with Crippen LogP contribution in [-0.2, 0) is 10.5 Å². The van der Waals surface area contributed by atoms with E-state index in [1.807, 2.05) is 55.5 Å². The topological polar surface area (TPSA) is 92.1 Å². The van der Waals surface area contributed by atoms with Crippen LogP contribution in [0.25, 0.3) is 0 Å². The number of aromatic nitrogens is 3. The van der Waals surface area contributed by atoms with E-state index in [0.29, 0.717) is 28.1 Å². The number of nitrogens with zero attached hydrogens (tertiary/aromatic N) is 3. The van der Waals surface area contributed by atoms with Gasteiger partial charge in [-0.05, 0) is 42.3 Å². The van der Waals surface area contributed by atoms with Gasteiger partial charge in [-0.3, -0.25) is 4.79 Å². The number of benzene rings is 3. The summed E-state index contributed by atoms with van der Waals surface area (Å²) in [6.45, 7) is 1.86. The maximum absolute atomic E-state index is 13.4. The van der Waals surface area contributed by atoms with E-state index < -0.39 is 6.04 Å². The largest absolute Gasteiger partial charge is 0.508 e. The molecule has 4 aromatic rings. The van der Waals surface area contributed by atoms with Gasteiger partial charge in [-0.2, -0.15) is 4.98 Å². The second kappa shape index (κ2) is 9.44. The Morgan fingerprint density at radius 1 is 1.03 bits per heavy atom. The van der Waals surface area contributed by atoms with E-state index in [2.05, 4.69) is 27.8 Å². The van der Waals surface area contributed by atoms with Gasteiger partial charge in [0.25, 0.3) is 5.91 Å². The monoisotopic (exact) mass is 469 g/mol. The molecule has 7 nitrogen and oxygen atoms in total. The van der Waals surface area contributed by atoms with Crippen molar-refractivity contribution in [3.63, 3.8) is 0 Å². The molecule has 0 aliphatic carbocycles. The molecular formula is C26H23N5O2S. The summed E-state index contributed by atoms with van der Waals surface area (Å²) < 4.78 is 1.74. The number of amides is 1. The van der Waals surface area contributed by atoms with E-state index in [1.165, 1.54) is 17.3 Å². The quantitative estimate of drug-likeness (QED) is 0.336. The van der Waals surface area contributed by atoms with E-state index in [9.17, 15) is 9.90 Å². The number of hydrogen-bond donors (Lipinski definition) is 3. The van der Waals surface area contributed by atoms with Crippen LogP contribution in [-0.4, -0.2) is 25.8 Å². The van der Waals surface area contributed by atoms with E-state index in [1.54, 1.807) is 28.9 Å². The number of phenols is 1. The van der Waals surface area contributed by atoms with Gasteiger partial charge in [0.2, 0.25) is 11.1 Å². The Morgan fingerprint density at radius 3 is 2.41 bits per heavy atom. The molecule has 1 aromatic heterocycles. The zero-order chi connectivity index (χ0) is 23.5. The van der Waals surface area contributed by atoms with E-state index in [-0.39, 0.29) is 11.7 Å². The molecule has 5 rings (SSSR count). The molecule has 0 spiro atoms. The number of anilines is 2. The molecule has 170 valence electrons. The Balaban J connectivity index is 1.49. The highest BCUT2D eigenvalue weighted by Crippen LogP contribution is 2.37. The highest BCUT2D eigenvalue weighted by molar-refractivity contribution is 7.98. The Bertz CT molecular complexity index is 1330. The molecule has 34 heavy (non-hydrogen) atoms. The van der Waals surface area contributed by atoms with Gasteiger partial charge in [0.1, 0.15) is 11.8 Å². The minimum Gasteiger partial charge on any atom is -0.508 e. The average molecular weight is 470 g/mol. The minimum atomic E-state index is -0.501. The number of phenolic OH excluding ortho intramolecular Hbond substituents is 1. The number of allylic oxidation sites excluding steroid dienone is 1. The van der Waals surface area contributed by atoms with Gasteiger partial charge < -0.3 is 15.7 Å². The molecule has 0 saturated heterocycles. The van der Waals surface area contributed by atoms with Crippen molar-refractivity contribution in [2.45, 2.75) is 23.9 Å². The van der Waals surface area contributed by atoms with Crippen molar-refractivity contribution in [1.29, 1.82) is 0 Å². The summed E-state index contributed by atoms with van der Waals surface area (Å²) in [6.07, 6.45) is 0. The summed E-state index contributed by atoms with van der Waals surface area (Å²) in [5.41, 5.74) is 3.95. The Hall–Kier alpha value is -4.04. The van der Waals surface area contributed by atoms with Crippen LogP contribution < -0.4 is 10.6 Å². The normalized spacial score (nSPS) is 14.9. The van der Waals surface area contributed by atoms with Crippen molar-refractivity contribution in [2.24, 2.45) is 0 Å². The number of aromatic hydroxyl groups is 1. The van der Waals surface area contributed by atoms with Gasteiger partial charge >= 0.3 is 0 Å². The fraction of sp³-hybridized carbons (Fsp3) is 0.115. The molecule has 1 aliphatic rings. The lowest BCUT2D eigenvalue weighted by atomic mass is 9.95. The lowest BCUT2D eigenvalue weighted by Crippen LogP contribution is -2.31. The molecule has 0 unspecified atom stereocenters. The van der Waals surface area contributed by atoms with E-state index in [4.69, 9.17) is 5.10 Å². The van der Waals surface area contributed by atoms with E-state index >= 15 is 0 Å². The fourth-order valence-corrected chi connectivity index (χ4v) is 4.68. The summed E-state index contributed by atoms with van der Waals surface area (Å²) in [7, 11) is 0. The molecule has 1 amide bonds. The fourth-order valence-electron chi connectivity index (χ4n) is 3.89. The van der Waals surface area contributed by atoms with Gasteiger partial charge in [-0.1, -0.05) is 72.4 Å². The van der Waals surface area contributed by atoms with Crippen LogP contribution in [0.15, 0.2) is 101 Å². The first-order valence-corrected chi connectivity index (χ1v) is 11.8. The third kappa shape index (κ3) is 4.53. The minimum absolute atomic E-state index is 0.159. The Morgan fingerprint density at radius 2 is 1.71 bits per heavy atom. The van der Waals surface area contributed by atoms with Crippen molar-refractivity contribution >= 4 is 29.3 Å². The van der Waals surface area contributed by atoms with Crippen LogP contribution in [0.1, 0.15) is 24.1 Å². The molecular weight excluding hydrogens is 446 g/mol. The van der Waals surface area contributed by atoms with Gasteiger partial charge in [0, 0.05) is 17.1 Å². The summed E-state index contributed by atoms with van der Waals surface area (Å²) in [6, 6.07) is 25.8. The molecule has 1 aliphatic heterocycles. The molecule has 1 atom stereocenters. The lowest BCUT2D eigenvalue weighted by Gasteiger charge is -2.28. The first-order chi connectivity index (χ1) is 16.6. The number of carbonyl (C=O) groups is 1. The molecule has 0 bridgehead atoms. The zero-order valence-electron chi connectivity index (χ0n) is 18.5. The Labute approximate surface area is 201 Å². The van der Waals surface area contributed by atoms with Gasteiger partial charge in [-0.25, -0.2) is 4.68 Å². The number of hydrogen-bond acceptors (Lipinski definition) is 6. The average Bonchev–Trinajstić information content (AvgIpc) is 3.26. The van der Waals surface area contributed by atoms with Crippen LogP contribution in [0.2, 0.25) is 0 Å². The van der Waals surface area contributed by atoms with Gasteiger partial charge in [-0.15, -0.1) is 5.10 Å². The van der Waals surface area contributed by atoms with Crippen LogP contribution >= 0.6 is 11.8 Å². The predicted octanol–water partition coefficient (Wildman–Crippen LogP) is 5.20. The van der Waals surface area contributed by atoms with Gasteiger partial charge in [0.15, 0.2) is 0 Å². The molecule has 3 N–H and O–H groups in total. The van der Waals surface area contributed by atoms with Crippen molar-refractivity contribution in [2.75, 3.05) is 10.6 Å². The smallest absolute Gasteiger partial charge is 0.255 e. The van der Waals surface area contributed by atoms with Crippen LogP contribution in [0.4, 0.5) is 11.6 Å². The number of rotatable bonds is 6. The van der Waals surface area contributed by atoms with Crippen molar-refractivity contribution < 1.29 is 9.90 Å². The summed E-state index contributed by atoms with van der Waals surface area (Å²) in [5, 5.41) is 21.4.